The first-order valence-corrected chi connectivity index (χ1v) is 7.89. The lowest BCUT2D eigenvalue weighted by molar-refractivity contribution is -0.146. The number of nitrogens with zero attached hydrogens (tertiary/aromatic N) is 1. The number of hydrogen-bond acceptors (Lipinski definition) is 3. The van der Waals surface area contributed by atoms with Gasteiger partial charge in [-0.2, -0.15) is 0 Å². The van der Waals surface area contributed by atoms with Crippen LogP contribution in [0, 0.1) is 11.8 Å². The van der Waals surface area contributed by atoms with E-state index in [0.717, 1.165) is 0 Å². The molecule has 1 aromatic rings. The van der Waals surface area contributed by atoms with E-state index >= 15 is 0 Å². The van der Waals surface area contributed by atoms with Gasteiger partial charge < -0.3 is 15.3 Å². The van der Waals surface area contributed by atoms with Crippen LogP contribution in [0.15, 0.2) is 30.4 Å². The van der Waals surface area contributed by atoms with Crippen LogP contribution in [0.2, 0.25) is 5.02 Å². The molecule has 6 nitrogen and oxygen atoms in total. The number of anilines is 1. The van der Waals surface area contributed by atoms with E-state index in [-0.39, 0.29) is 16.8 Å². The highest BCUT2D eigenvalue weighted by Crippen LogP contribution is 2.28. The Labute approximate surface area is 145 Å². The van der Waals surface area contributed by atoms with Crippen LogP contribution in [-0.4, -0.2) is 41.9 Å². The molecule has 2 atom stereocenters. The molecule has 0 radical (unpaired) electrons. The number of carboxylic acid groups (broad SMARTS) is 1. The van der Waals surface area contributed by atoms with Gasteiger partial charge in [-0.15, -0.1) is 0 Å². The van der Waals surface area contributed by atoms with E-state index < -0.39 is 17.8 Å². The minimum absolute atomic E-state index is 0.227. The minimum atomic E-state index is -0.982. The van der Waals surface area contributed by atoms with Crippen molar-refractivity contribution in [3.05, 3.63) is 40.9 Å². The average Bonchev–Trinajstić information content (AvgIpc) is 2.54. The molecule has 2 rings (SSSR count). The van der Waals surface area contributed by atoms with Gasteiger partial charge in [0.15, 0.2) is 0 Å². The Hall–Kier alpha value is -2.34. The van der Waals surface area contributed by atoms with Gasteiger partial charge in [0.2, 0.25) is 5.91 Å². The van der Waals surface area contributed by atoms with Crippen LogP contribution in [-0.2, 0) is 9.59 Å². The fourth-order valence-electron chi connectivity index (χ4n) is 2.62. The zero-order chi connectivity index (χ0) is 17.9. The van der Waals surface area contributed by atoms with Crippen LogP contribution in [0.25, 0.3) is 0 Å². The molecule has 1 aliphatic carbocycles. The number of aliphatic carboxylic acids is 1. The van der Waals surface area contributed by atoms with Gasteiger partial charge in [-0.05, 0) is 31.0 Å². The molecule has 0 heterocycles. The predicted molar refractivity (Wildman–Crippen MR) is 91.1 cm³/mol. The Morgan fingerprint density at radius 2 is 1.79 bits per heavy atom. The van der Waals surface area contributed by atoms with Crippen molar-refractivity contribution < 1.29 is 19.5 Å². The predicted octanol–water partition coefficient (Wildman–Crippen LogP) is 2.65. The first kappa shape index (κ1) is 18.0. The van der Waals surface area contributed by atoms with Gasteiger partial charge in [0.25, 0.3) is 5.91 Å². The number of rotatable bonds is 4. The van der Waals surface area contributed by atoms with E-state index in [1.165, 1.54) is 17.0 Å². The topological polar surface area (TPSA) is 86.7 Å². The molecule has 2 N–H and O–H groups in total. The number of carbonyl (C=O) groups is 3. The first-order chi connectivity index (χ1) is 11.3. The maximum atomic E-state index is 12.4. The number of nitrogens with one attached hydrogen (secondary N) is 1. The van der Waals surface area contributed by atoms with Crippen LogP contribution in [0.4, 0.5) is 5.69 Å². The molecule has 0 bridgehead atoms. The Morgan fingerprint density at radius 3 is 2.33 bits per heavy atom. The number of carboxylic acids is 1. The van der Waals surface area contributed by atoms with Crippen LogP contribution in [0.1, 0.15) is 23.2 Å². The molecule has 1 aliphatic rings. The lowest BCUT2D eigenvalue weighted by atomic mass is 9.82. The van der Waals surface area contributed by atoms with E-state index in [4.69, 9.17) is 11.6 Å². The Bertz CT molecular complexity index is 700. The highest BCUT2D eigenvalue weighted by molar-refractivity contribution is 6.34. The van der Waals surface area contributed by atoms with Crippen molar-refractivity contribution in [1.82, 2.24) is 4.90 Å². The molecule has 0 fully saturated rings. The van der Waals surface area contributed by atoms with E-state index in [0.29, 0.717) is 24.1 Å². The molecular weight excluding hydrogens is 332 g/mol. The summed E-state index contributed by atoms with van der Waals surface area (Å²) in [5.74, 6) is -2.95. The van der Waals surface area contributed by atoms with Crippen LogP contribution in [0.5, 0.6) is 0 Å². The maximum absolute atomic E-state index is 12.4. The van der Waals surface area contributed by atoms with Crippen molar-refractivity contribution in [1.29, 1.82) is 0 Å². The van der Waals surface area contributed by atoms with Gasteiger partial charge in [-0.3, -0.25) is 14.4 Å². The van der Waals surface area contributed by atoms with E-state index in [1.807, 2.05) is 6.08 Å². The summed E-state index contributed by atoms with van der Waals surface area (Å²) >= 11 is 6.11. The molecule has 0 spiro atoms. The number of allylic oxidation sites excluding steroid dienone is 2. The summed E-state index contributed by atoms with van der Waals surface area (Å²) in [6.07, 6.45) is 4.31. The van der Waals surface area contributed by atoms with E-state index in [9.17, 15) is 19.5 Å². The number of carbonyl (C=O) groups excluding carboxylic acids is 2. The van der Waals surface area contributed by atoms with Crippen molar-refractivity contribution >= 4 is 35.1 Å². The number of benzene rings is 1. The summed E-state index contributed by atoms with van der Waals surface area (Å²) in [5, 5.41) is 12.2. The number of amides is 2. The van der Waals surface area contributed by atoms with Crippen LogP contribution in [0.3, 0.4) is 0 Å². The fourth-order valence-corrected chi connectivity index (χ4v) is 2.88. The zero-order valence-corrected chi connectivity index (χ0v) is 14.2. The summed E-state index contributed by atoms with van der Waals surface area (Å²) in [7, 11) is 3.24. The standard InChI is InChI=1S/C17H19ClN2O4/c1-20(2)16(22)13-8-7-10(9-14(13)18)19-15(21)11-5-3-4-6-12(11)17(23)24/h3-4,7-9,11-12H,5-6H2,1-2H3,(H,19,21)(H,23,24)/t11-,12+/m1/s1. The lowest BCUT2D eigenvalue weighted by Gasteiger charge is -2.24. The lowest BCUT2D eigenvalue weighted by Crippen LogP contribution is -2.34. The highest BCUT2D eigenvalue weighted by Gasteiger charge is 2.34. The fraction of sp³-hybridized carbons (Fsp3) is 0.353. The molecule has 128 valence electrons. The third kappa shape index (κ3) is 3.94. The van der Waals surface area contributed by atoms with E-state index in [1.54, 1.807) is 26.2 Å². The first-order valence-electron chi connectivity index (χ1n) is 7.51. The molecule has 0 aromatic heterocycles. The quantitative estimate of drug-likeness (QED) is 0.817. The maximum Gasteiger partial charge on any atom is 0.307 e. The molecule has 0 saturated carbocycles. The summed E-state index contributed by atoms with van der Waals surface area (Å²) in [5.41, 5.74) is 0.766. The van der Waals surface area contributed by atoms with Gasteiger partial charge in [0.1, 0.15) is 0 Å². The smallest absolute Gasteiger partial charge is 0.307 e. The molecule has 7 heteroatoms. The van der Waals surface area contributed by atoms with Gasteiger partial charge >= 0.3 is 5.97 Å². The molecular formula is C17H19ClN2O4. The molecule has 1 aromatic carbocycles. The molecule has 2 amide bonds. The van der Waals surface area contributed by atoms with Crippen LogP contribution >= 0.6 is 11.6 Å². The highest BCUT2D eigenvalue weighted by atomic mass is 35.5. The van der Waals surface area contributed by atoms with E-state index in [2.05, 4.69) is 5.32 Å². The Balaban J connectivity index is 2.14. The normalized spacial score (nSPS) is 19.6. The molecule has 0 aliphatic heterocycles. The van der Waals surface area contributed by atoms with Gasteiger partial charge in [-0.1, -0.05) is 23.8 Å². The summed E-state index contributed by atoms with van der Waals surface area (Å²) in [4.78, 5) is 37.0. The van der Waals surface area contributed by atoms with Crippen molar-refractivity contribution in [2.75, 3.05) is 19.4 Å². The second-order valence-corrected chi connectivity index (χ2v) is 6.28. The van der Waals surface area contributed by atoms with Gasteiger partial charge in [0.05, 0.1) is 22.4 Å². The number of hydrogen-bond donors (Lipinski definition) is 2. The van der Waals surface area contributed by atoms with Gasteiger partial charge in [0, 0.05) is 19.8 Å². The van der Waals surface area contributed by atoms with Crippen molar-refractivity contribution in [3.63, 3.8) is 0 Å². The van der Waals surface area contributed by atoms with Gasteiger partial charge in [-0.25, -0.2) is 0 Å². The van der Waals surface area contributed by atoms with Crippen molar-refractivity contribution in [3.8, 4) is 0 Å². The monoisotopic (exact) mass is 350 g/mol. The summed E-state index contributed by atoms with van der Waals surface area (Å²) < 4.78 is 0. The Morgan fingerprint density at radius 1 is 1.17 bits per heavy atom. The van der Waals surface area contributed by atoms with Crippen molar-refractivity contribution in [2.24, 2.45) is 11.8 Å². The molecule has 0 unspecified atom stereocenters. The zero-order valence-electron chi connectivity index (χ0n) is 13.5. The summed E-state index contributed by atoms with van der Waals surface area (Å²) in [6, 6.07) is 4.61. The second kappa shape index (κ2) is 7.49. The van der Waals surface area contributed by atoms with Crippen molar-refractivity contribution in [2.45, 2.75) is 12.8 Å². The SMILES string of the molecule is CN(C)C(=O)c1ccc(NC(=O)[C@@H]2CC=CC[C@@H]2C(=O)O)cc1Cl. The Kier molecular flexibility index (Phi) is 5.62. The average molecular weight is 351 g/mol. The minimum Gasteiger partial charge on any atom is -0.481 e. The largest absolute Gasteiger partial charge is 0.481 e. The second-order valence-electron chi connectivity index (χ2n) is 5.88. The third-order valence-corrected chi connectivity index (χ3v) is 4.27. The van der Waals surface area contributed by atoms with Crippen LogP contribution < -0.4 is 5.32 Å². The third-order valence-electron chi connectivity index (χ3n) is 3.96. The molecule has 0 saturated heterocycles. The number of halogens is 1. The molecule has 24 heavy (non-hydrogen) atoms. The summed E-state index contributed by atoms with van der Waals surface area (Å²) in [6.45, 7) is 0.